The average molecular weight is 241 g/mol. The van der Waals surface area contributed by atoms with Crippen LogP contribution in [0.2, 0.25) is 5.02 Å². The second kappa shape index (κ2) is 5.17. The fourth-order valence-corrected chi connectivity index (χ4v) is 1.97. The highest BCUT2D eigenvalue weighted by atomic mass is 35.5. The monoisotopic (exact) mass is 240 g/mol. The topological polar surface area (TPSA) is 18.5 Å². The van der Waals surface area contributed by atoms with Gasteiger partial charge in [0, 0.05) is 10.6 Å². The second-order valence-electron chi connectivity index (χ2n) is 4.46. The molecule has 2 atom stereocenters. The third-order valence-electron chi connectivity index (χ3n) is 2.86. The predicted octanol–water partition coefficient (Wildman–Crippen LogP) is 3.80. The standard InChI is InChI=1S/C13H17ClO2/c1-9(2)12-7-8-15-13(16-12)10-3-5-11(14)6-4-10/h3-6,9,12-13H,7-8H2,1-2H3/t12-,13-/m1/s1. The third-order valence-corrected chi connectivity index (χ3v) is 3.11. The number of hydrogen-bond acceptors (Lipinski definition) is 2. The number of rotatable bonds is 2. The molecule has 0 aliphatic carbocycles. The van der Waals surface area contributed by atoms with E-state index in [0.29, 0.717) is 5.92 Å². The van der Waals surface area contributed by atoms with Crippen molar-refractivity contribution in [2.45, 2.75) is 32.7 Å². The molecule has 0 spiro atoms. The van der Waals surface area contributed by atoms with Gasteiger partial charge in [0.05, 0.1) is 12.7 Å². The molecule has 2 rings (SSSR count). The van der Waals surface area contributed by atoms with Crippen LogP contribution in [-0.4, -0.2) is 12.7 Å². The first-order valence-corrected chi connectivity index (χ1v) is 6.07. The van der Waals surface area contributed by atoms with Gasteiger partial charge in [0.2, 0.25) is 0 Å². The van der Waals surface area contributed by atoms with E-state index in [9.17, 15) is 0 Å². The van der Waals surface area contributed by atoms with Crippen LogP contribution in [0.15, 0.2) is 24.3 Å². The largest absolute Gasteiger partial charge is 0.348 e. The molecule has 1 aromatic carbocycles. The number of hydrogen-bond donors (Lipinski definition) is 0. The molecule has 1 fully saturated rings. The molecule has 0 radical (unpaired) electrons. The number of ether oxygens (including phenoxy) is 2. The van der Waals surface area contributed by atoms with Gasteiger partial charge in [0.1, 0.15) is 0 Å². The quantitative estimate of drug-likeness (QED) is 0.783. The molecule has 1 aliphatic heterocycles. The molecule has 88 valence electrons. The maximum absolute atomic E-state index is 5.91. The zero-order valence-corrected chi connectivity index (χ0v) is 10.4. The molecular formula is C13H17ClO2. The molecule has 0 bridgehead atoms. The van der Waals surface area contributed by atoms with Crippen LogP contribution < -0.4 is 0 Å². The van der Waals surface area contributed by atoms with Gasteiger partial charge < -0.3 is 9.47 Å². The highest BCUT2D eigenvalue weighted by Gasteiger charge is 2.26. The molecule has 0 amide bonds. The lowest BCUT2D eigenvalue weighted by Crippen LogP contribution is -2.30. The smallest absolute Gasteiger partial charge is 0.184 e. The van der Waals surface area contributed by atoms with Gasteiger partial charge in [-0.05, 0) is 24.5 Å². The van der Waals surface area contributed by atoms with Gasteiger partial charge in [-0.15, -0.1) is 0 Å². The first-order valence-electron chi connectivity index (χ1n) is 5.69. The van der Waals surface area contributed by atoms with E-state index in [4.69, 9.17) is 21.1 Å². The zero-order valence-electron chi connectivity index (χ0n) is 9.65. The normalized spacial score (nSPS) is 26.0. The number of halogens is 1. The minimum absolute atomic E-state index is 0.238. The van der Waals surface area contributed by atoms with Crippen LogP contribution in [-0.2, 0) is 9.47 Å². The van der Waals surface area contributed by atoms with Crippen LogP contribution in [0.5, 0.6) is 0 Å². The lowest BCUT2D eigenvalue weighted by molar-refractivity contribution is -0.226. The van der Waals surface area contributed by atoms with Crippen LogP contribution in [0, 0.1) is 5.92 Å². The van der Waals surface area contributed by atoms with Crippen molar-refractivity contribution in [3.63, 3.8) is 0 Å². The fraction of sp³-hybridized carbons (Fsp3) is 0.538. The van der Waals surface area contributed by atoms with Gasteiger partial charge in [-0.2, -0.15) is 0 Å². The summed E-state index contributed by atoms with van der Waals surface area (Å²) in [7, 11) is 0. The Labute approximate surface area is 102 Å². The molecule has 1 saturated heterocycles. The van der Waals surface area contributed by atoms with Crippen molar-refractivity contribution in [1.82, 2.24) is 0 Å². The van der Waals surface area contributed by atoms with E-state index in [1.54, 1.807) is 0 Å². The Morgan fingerprint density at radius 2 is 1.94 bits per heavy atom. The average Bonchev–Trinajstić information content (AvgIpc) is 2.30. The Morgan fingerprint density at radius 3 is 2.56 bits per heavy atom. The lowest BCUT2D eigenvalue weighted by atomic mass is 10.0. The van der Waals surface area contributed by atoms with E-state index < -0.39 is 0 Å². The molecule has 3 heteroatoms. The molecule has 2 nitrogen and oxygen atoms in total. The van der Waals surface area contributed by atoms with E-state index in [0.717, 1.165) is 23.6 Å². The molecule has 1 aliphatic rings. The molecule has 0 saturated carbocycles. The molecular weight excluding hydrogens is 224 g/mol. The Morgan fingerprint density at radius 1 is 1.25 bits per heavy atom. The molecule has 0 unspecified atom stereocenters. The summed E-state index contributed by atoms with van der Waals surface area (Å²) in [4.78, 5) is 0. The molecule has 0 aromatic heterocycles. The number of benzene rings is 1. The van der Waals surface area contributed by atoms with E-state index in [1.165, 1.54) is 0 Å². The van der Waals surface area contributed by atoms with Crippen molar-refractivity contribution in [2.24, 2.45) is 5.92 Å². The summed E-state index contributed by atoms with van der Waals surface area (Å²) in [6.45, 7) is 5.11. The highest BCUT2D eigenvalue weighted by molar-refractivity contribution is 6.30. The van der Waals surface area contributed by atoms with Crippen molar-refractivity contribution < 1.29 is 9.47 Å². The third kappa shape index (κ3) is 2.76. The summed E-state index contributed by atoms with van der Waals surface area (Å²) in [6.07, 6.45) is 1.02. The second-order valence-corrected chi connectivity index (χ2v) is 4.90. The summed E-state index contributed by atoms with van der Waals surface area (Å²) >= 11 is 5.85. The van der Waals surface area contributed by atoms with E-state index in [2.05, 4.69) is 13.8 Å². The molecule has 1 heterocycles. The fourth-order valence-electron chi connectivity index (χ4n) is 1.84. The van der Waals surface area contributed by atoms with Crippen molar-refractivity contribution in [1.29, 1.82) is 0 Å². The van der Waals surface area contributed by atoms with Crippen molar-refractivity contribution in [3.05, 3.63) is 34.9 Å². The highest BCUT2D eigenvalue weighted by Crippen LogP contribution is 2.29. The van der Waals surface area contributed by atoms with Crippen LogP contribution in [0.25, 0.3) is 0 Å². The summed E-state index contributed by atoms with van der Waals surface area (Å²) < 4.78 is 11.5. The molecule has 0 N–H and O–H groups in total. The first-order chi connectivity index (χ1) is 7.66. The summed E-state index contributed by atoms with van der Waals surface area (Å²) in [5.74, 6) is 0.527. The van der Waals surface area contributed by atoms with Crippen LogP contribution in [0.4, 0.5) is 0 Å². The van der Waals surface area contributed by atoms with Crippen LogP contribution >= 0.6 is 11.6 Å². The van der Waals surface area contributed by atoms with Crippen molar-refractivity contribution in [3.8, 4) is 0 Å². The summed E-state index contributed by atoms with van der Waals surface area (Å²) in [5.41, 5.74) is 1.04. The van der Waals surface area contributed by atoms with Crippen LogP contribution in [0.1, 0.15) is 32.1 Å². The van der Waals surface area contributed by atoms with E-state index >= 15 is 0 Å². The van der Waals surface area contributed by atoms with Gasteiger partial charge in [0.15, 0.2) is 6.29 Å². The molecule has 1 aromatic rings. The Balaban J connectivity index is 2.06. The minimum Gasteiger partial charge on any atom is -0.348 e. The minimum atomic E-state index is -0.238. The van der Waals surface area contributed by atoms with Crippen LogP contribution in [0.3, 0.4) is 0 Å². The SMILES string of the molecule is CC(C)[C@H]1CCO[C@@H](c2ccc(Cl)cc2)O1. The molecule has 16 heavy (non-hydrogen) atoms. The maximum Gasteiger partial charge on any atom is 0.184 e. The van der Waals surface area contributed by atoms with E-state index in [-0.39, 0.29) is 12.4 Å². The van der Waals surface area contributed by atoms with Gasteiger partial charge >= 0.3 is 0 Å². The van der Waals surface area contributed by atoms with Gasteiger partial charge in [0.25, 0.3) is 0 Å². The Bertz CT molecular complexity index is 334. The summed E-state index contributed by atoms with van der Waals surface area (Å²) in [6, 6.07) is 7.64. The predicted molar refractivity (Wildman–Crippen MR) is 64.5 cm³/mol. The zero-order chi connectivity index (χ0) is 11.5. The first kappa shape index (κ1) is 11.9. The lowest BCUT2D eigenvalue weighted by Gasteiger charge is -2.32. The maximum atomic E-state index is 5.91. The van der Waals surface area contributed by atoms with Crippen molar-refractivity contribution in [2.75, 3.05) is 6.61 Å². The Hall–Kier alpha value is -0.570. The van der Waals surface area contributed by atoms with Gasteiger partial charge in [-0.3, -0.25) is 0 Å². The Kier molecular flexibility index (Phi) is 3.85. The van der Waals surface area contributed by atoms with Crippen molar-refractivity contribution >= 4 is 11.6 Å². The van der Waals surface area contributed by atoms with Gasteiger partial charge in [-0.25, -0.2) is 0 Å². The van der Waals surface area contributed by atoms with Gasteiger partial charge in [-0.1, -0.05) is 37.6 Å². The summed E-state index contributed by atoms with van der Waals surface area (Å²) in [5, 5.41) is 0.736. The van der Waals surface area contributed by atoms with E-state index in [1.807, 2.05) is 24.3 Å².